The Bertz CT molecular complexity index is 184. The molecule has 2 saturated heterocycles. The van der Waals surface area contributed by atoms with E-state index < -0.39 is 5.92 Å². The fraction of sp³-hybridized carbons (Fsp3) is 1.00. The van der Waals surface area contributed by atoms with Crippen molar-refractivity contribution in [3.8, 4) is 0 Å². The highest BCUT2D eigenvalue weighted by molar-refractivity contribution is 4.95. The summed E-state index contributed by atoms with van der Waals surface area (Å²) in [5.74, 6) is -2.45. The third-order valence-electron chi connectivity index (χ3n) is 2.70. The summed E-state index contributed by atoms with van der Waals surface area (Å²) in [6.45, 7) is 3.48. The van der Waals surface area contributed by atoms with E-state index in [4.69, 9.17) is 0 Å². The first-order valence-electron chi connectivity index (χ1n) is 4.42. The summed E-state index contributed by atoms with van der Waals surface area (Å²) in [7, 11) is 0. The summed E-state index contributed by atoms with van der Waals surface area (Å²) in [5.41, 5.74) is 0. The lowest BCUT2D eigenvalue weighted by atomic mass is 10.1. The first kappa shape index (κ1) is 8.38. The van der Waals surface area contributed by atoms with Crippen molar-refractivity contribution < 1.29 is 8.78 Å². The van der Waals surface area contributed by atoms with Gasteiger partial charge in [0.25, 0.3) is 5.92 Å². The number of rotatable bonds is 0. The topological polar surface area (TPSA) is 15.3 Å². The van der Waals surface area contributed by atoms with Gasteiger partial charge in [0.05, 0.1) is 6.54 Å². The molecule has 2 nitrogen and oxygen atoms in total. The lowest BCUT2D eigenvalue weighted by Gasteiger charge is -2.33. The van der Waals surface area contributed by atoms with Gasteiger partial charge in [-0.25, -0.2) is 8.78 Å². The molecule has 0 radical (unpaired) electrons. The van der Waals surface area contributed by atoms with Crippen LogP contribution in [0.1, 0.15) is 13.3 Å². The van der Waals surface area contributed by atoms with Crippen LogP contribution in [0.4, 0.5) is 8.78 Å². The molecule has 0 aromatic rings. The average molecular weight is 176 g/mol. The van der Waals surface area contributed by atoms with Gasteiger partial charge >= 0.3 is 0 Å². The van der Waals surface area contributed by atoms with E-state index in [1.807, 2.05) is 11.8 Å². The summed E-state index contributed by atoms with van der Waals surface area (Å²) in [4.78, 5) is 1.90. The van der Waals surface area contributed by atoms with Crippen molar-refractivity contribution in [2.45, 2.75) is 31.4 Å². The minimum absolute atomic E-state index is 0.0344. The Kier molecular flexibility index (Phi) is 1.84. The van der Waals surface area contributed by atoms with Crippen LogP contribution in [0.15, 0.2) is 0 Å². The summed E-state index contributed by atoms with van der Waals surface area (Å²) < 4.78 is 25.8. The highest BCUT2D eigenvalue weighted by atomic mass is 19.3. The predicted molar refractivity (Wildman–Crippen MR) is 42.4 cm³/mol. The molecule has 70 valence electrons. The highest BCUT2D eigenvalue weighted by Crippen LogP contribution is 2.32. The molecule has 2 aliphatic rings. The maximum atomic E-state index is 12.9. The van der Waals surface area contributed by atoms with Gasteiger partial charge in [0, 0.05) is 31.6 Å². The van der Waals surface area contributed by atoms with E-state index >= 15 is 0 Å². The Balaban J connectivity index is 2.02. The van der Waals surface area contributed by atoms with E-state index in [9.17, 15) is 8.78 Å². The van der Waals surface area contributed by atoms with Crippen LogP contribution in [0.3, 0.4) is 0 Å². The number of piperazine rings is 1. The van der Waals surface area contributed by atoms with Crippen molar-refractivity contribution >= 4 is 0 Å². The molecule has 4 heteroatoms. The second kappa shape index (κ2) is 2.64. The summed E-state index contributed by atoms with van der Waals surface area (Å²) >= 11 is 0. The Morgan fingerprint density at radius 2 is 2.25 bits per heavy atom. The van der Waals surface area contributed by atoms with Crippen LogP contribution in [-0.2, 0) is 0 Å². The van der Waals surface area contributed by atoms with Gasteiger partial charge in [-0.15, -0.1) is 0 Å². The van der Waals surface area contributed by atoms with E-state index in [0.29, 0.717) is 6.04 Å². The molecule has 2 fully saturated rings. The number of hydrogen-bond acceptors (Lipinski definition) is 2. The molecule has 2 aliphatic heterocycles. The van der Waals surface area contributed by atoms with Gasteiger partial charge in [0.15, 0.2) is 0 Å². The summed E-state index contributed by atoms with van der Waals surface area (Å²) in [5, 5.41) is 3.22. The van der Waals surface area contributed by atoms with E-state index in [1.165, 1.54) is 0 Å². The zero-order valence-electron chi connectivity index (χ0n) is 7.19. The van der Waals surface area contributed by atoms with Crippen LogP contribution in [-0.4, -0.2) is 42.5 Å². The Morgan fingerprint density at radius 1 is 1.50 bits per heavy atom. The van der Waals surface area contributed by atoms with Gasteiger partial charge in [-0.05, 0) is 6.92 Å². The molecule has 0 bridgehead atoms. The molecule has 2 heterocycles. The molecule has 0 aromatic heterocycles. The Hall–Kier alpha value is -0.220. The summed E-state index contributed by atoms with van der Waals surface area (Å²) in [6, 6.07) is 0.423. The third kappa shape index (κ3) is 1.45. The molecule has 0 unspecified atom stereocenters. The Morgan fingerprint density at radius 3 is 3.00 bits per heavy atom. The van der Waals surface area contributed by atoms with E-state index in [2.05, 4.69) is 5.32 Å². The minimum Gasteiger partial charge on any atom is -0.311 e. The van der Waals surface area contributed by atoms with Crippen molar-refractivity contribution in [1.29, 1.82) is 0 Å². The molecule has 2 atom stereocenters. The molecule has 0 aromatic carbocycles. The normalized spacial score (nSPS) is 41.2. The van der Waals surface area contributed by atoms with Crippen molar-refractivity contribution in [3.63, 3.8) is 0 Å². The van der Waals surface area contributed by atoms with Crippen molar-refractivity contribution in [2.24, 2.45) is 0 Å². The van der Waals surface area contributed by atoms with Gasteiger partial charge in [0.1, 0.15) is 0 Å². The molecular formula is C8H14F2N2. The quantitative estimate of drug-likeness (QED) is 0.584. The van der Waals surface area contributed by atoms with Crippen molar-refractivity contribution in [1.82, 2.24) is 10.2 Å². The van der Waals surface area contributed by atoms with Crippen molar-refractivity contribution in [2.75, 3.05) is 19.6 Å². The third-order valence-corrected chi connectivity index (χ3v) is 2.70. The smallest absolute Gasteiger partial charge is 0.262 e. The van der Waals surface area contributed by atoms with Gasteiger partial charge < -0.3 is 5.32 Å². The number of alkyl halides is 2. The molecule has 12 heavy (non-hydrogen) atoms. The summed E-state index contributed by atoms with van der Waals surface area (Å²) in [6.07, 6.45) is 0.0344. The van der Waals surface area contributed by atoms with Crippen LogP contribution in [0.25, 0.3) is 0 Å². The number of halogens is 2. The molecule has 0 amide bonds. The second-order valence-corrected chi connectivity index (χ2v) is 3.95. The van der Waals surface area contributed by atoms with Crippen LogP contribution < -0.4 is 5.32 Å². The molecule has 0 aliphatic carbocycles. The zero-order valence-corrected chi connectivity index (χ0v) is 7.19. The standard InChI is InChI=1S/C8H14F2N2/c1-6-4-12-5-8(9,10)2-7(12)3-11-6/h6-7,11H,2-5H2,1H3/t6-,7-/m1/s1. The number of nitrogens with one attached hydrogen (secondary N) is 1. The van der Waals surface area contributed by atoms with Crippen LogP contribution in [0.5, 0.6) is 0 Å². The maximum absolute atomic E-state index is 12.9. The zero-order chi connectivity index (χ0) is 8.77. The first-order valence-corrected chi connectivity index (χ1v) is 4.42. The molecule has 0 spiro atoms. The largest absolute Gasteiger partial charge is 0.311 e. The van der Waals surface area contributed by atoms with E-state index in [1.54, 1.807) is 0 Å². The predicted octanol–water partition coefficient (Wildman–Crippen LogP) is 0.688. The minimum atomic E-state index is -2.45. The molecular weight excluding hydrogens is 162 g/mol. The SMILES string of the molecule is C[C@@H]1CN2CC(F)(F)C[C@@H]2CN1. The van der Waals surface area contributed by atoms with Gasteiger partial charge in [0.2, 0.25) is 0 Å². The average Bonchev–Trinajstić information content (AvgIpc) is 2.21. The fourth-order valence-electron chi connectivity index (χ4n) is 2.13. The lowest BCUT2D eigenvalue weighted by molar-refractivity contribution is 0.0119. The van der Waals surface area contributed by atoms with Gasteiger partial charge in [-0.3, -0.25) is 4.90 Å². The first-order chi connectivity index (χ1) is 5.57. The second-order valence-electron chi connectivity index (χ2n) is 3.95. The molecule has 1 N–H and O–H groups in total. The fourth-order valence-corrected chi connectivity index (χ4v) is 2.13. The van der Waals surface area contributed by atoms with Crippen LogP contribution >= 0.6 is 0 Å². The number of fused-ring (bicyclic) bond motifs is 1. The van der Waals surface area contributed by atoms with Gasteiger partial charge in [-0.2, -0.15) is 0 Å². The molecule has 2 rings (SSSR count). The van der Waals surface area contributed by atoms with Gasteiger partial charge in [-0.1, -0.05) is 0 Å². The molecule has 0 saturated carbocycles. The number of hydrogen-bond donors (Lipinski definition) is 1. The maximum Gasteiger partial charge on any atom is 0.262 e. The van der Waals surface area contributed by atoms with Crippen molar-refractivity contribution in [3.05, 3.63) is 0 Å². The number of nitrogens with zero attached hydrogens (tertiary/aromatic N) is 1. The van der Waals surface area contributed by atoms with E-state index in [0.717, 1.165) is 13.1 Å². The highest BCUT2D eigenvalue weighted by Gasteiger charge is 2.46. The van der Waals surface area contributed by atoms with E-state index in [-0.39, 0.29) is 19.0 Å². The lowest BCUT2D eigenvalue weighted by Crippen LogP contribution is -2.52. The monoisotopic (exact) mass is 176 g/mol. The Labute approximate surface area is 70.9 Å². The van der Waals surface area contributed by atoms with Crippen LogP contribution in [0.2, 0.25) is 0 Å². The van der Waals surface area contributed by atoms with Crippen LogP contribution in [0, 0.1) is 0 Å².